The number of hydrogen-bond donors (Lipinski definition) is 1. The van der Waals surface area contributed by atoms with Crippen molar-refractivity contribution in [2.24, 2.45) is 0 Å². The van der Waals surface area contributed by atoms with Gasteiger partial charge in [-0.15, -0.1) is 0 Å². The molecule has 0 spiro atoms. The molecule has 1 heterocycles. The second-order valence-electron chi connectivity index (χ2n) is 3.71. The Morgan fingerprint density at radius 1 is 1.11 bits per heavy atom. The topological polar surface area (TPSA) is 43.4 Å². The van der Waals surface area contributed by atoms with Crippen molar-refractivity contribution in [2.45, 2.75) is 0 Å². The van der Waals surface area contributed by atoms with Gasteiger partial charge >= 0.3 is 0 Å². The Morgan fingerprint density at radius 2 is 1.74 bits per heavy atom. The van der Waals surface area contributed by atoms with E-state index in [0.29, 0.717) is 21.7 Å². The zero-order valence-electron chi connectivity index (χ0n) is 10.4. The van der Waals surface area contributed by atoms with Crippen LogP contribution in [-0.2, 0) is 0 Å². The van der Waals surface area contributed by atoms with Gasteiger partial charge in [-0.1, -0.05) is 0 Å². The van der Waals surface area contributed by atoms with Crippen LogP contribution in [0, 0.1) is 5.82 Å². The van der Waals surface area contributed by atoms with Crippen LogP contribution in [0.25, 0.3) is 0 Å². The van der Waals surface area contributed by atoms with Gasteiger partial charge in [-0.05, 0) is 22.0 Å². The number of rotatable bonds is 4. The molecule has 0 bridgehead atoms. The molecule has 0 fully saturated rings. The summed E-state index contributed by atoms with van der Waals surface area (Å²) in [6.45, 7) is 0. The maximum Gasteiger partial charge on any atom is 0.166 e. The van der Waals surface area contributed by atoms with Gasteiger partial charge < -0.3 is 14.8 Å². The molecule has 6 heteroatoms. The molecule has 0 saturated carbocycles. The molecule has 0 unspecified atom stereocenters. The molecule has 2 aromatic rings. The van der Waals surface area contributed by atoms with Gasteiger partial charge in [0.15, 0.2) is 11.6 Å². The first-order valence-corrected chi connectivity index (χ1v) is 6.23. The Bertz CT molecular complexity index is 571. The Balaban J connectivity index is 2.31. The van der Waals surface area contributed by atoms with Crippen molar-refractivity contribution >= 4 is 27.4 Å². The average Bonchev–Trinajstić information content (AvgIpc) is 2.41. The highest BCUT2D eigenvalue weighted by molar-refractivity contribution is 9.10. The predicted octanol–water partition coefficient (Wildman–Crippen LogP) is 3.74. The van der Waals surface area contributed by atoms with Crippen LogP contribution in [0.1, 0.15) is 0 Å². The van der Waals surface area contributed by atoms with Crippen LogP contribution >= 0.6 is 15.9 Å². The smallest absolute Gasteiger partial charge is 0.166 e. The minimum absolute atomic E-state index is 0.138. The number of nitrogens with one attached hydrogen (secondary N) is 1. The van der Waals surface area contributed by atoms with Gasteiger partial charge in [0.05, 0.1) is 14.2 Å². The highest BCUT2D eigenvalue weighted by atomic mass is 79.9. The fourth-order valence-corrected chi connectivity index (χ4v) is 1.83. The van der Waals surface area contributed by atoms with E-state index in [-0.39, 0.29) is 5.82 Å². The van der Waals surface area contributed by atoms with E-state index in [2.05, 4.69) is 26.2 Å². The molecule has 1 N–H and O–H groups in total. The molecule has 0 aliphatic carbocycles. The van der Waals surface area contributed by atoms with E-state index in [1.165, 1.54) is 12.3 Å². The van der Waals surface area contributed by atoms with Gasteiger partial charge in [-0.25, -0.2) is 9.37 Å². The summed E-state index contributed by atoms with van der Waals surface area (Å²) in [5.41, 5.74) is 0.630. The zero-order chi connectivity index (χ0) is 13.8. The van der Waals surface area contributed by atoms with Crippen molar-refractivity contribution in [3.05, 3.63) is 40.8 Å². The fraction of sp³-hybridized carbons (Fsp3) is 0.154. The highest BCUT2D eigenvalue weighted by Gasteiger charge is 2.07. The summed E-state index contributed by atoms with van der Waals surface area (Å²) in [4.78, 5) is 3.97. The third-order valence-corrected chi connectivity index (χ3v) is 2.86. The summed E-state index contributed by atoms with van der Waals surface area (Å²) in [6.07, 6.45) is 1.52. The van der Waals surface area contributed by atoms with E-state index in [4.69, 9.17) is 9.47 Å². The van der Waals surface area contributed by atoms with Crippen LogP contribution < -0.4 is 14.8 Å². The first-order valence-electron chi connectivity index (χ1n) is 5.43. The SMILES string of the molecule is COc1cc(Nc2ncc(Br)cc2F)cc(OC)c1. The van der Waals surface area contributed by atoms with Crippen molar-refractivity contribution in [3.63, 3.8) is 0 Å². The number of ether oxygens (including phenoxy) is 2. The molecule has 0 aliphatic rings. The Kier molecular flexibility index (Phi) is 4.21. The molecule has 2 rings (SSSR count). The van der Waals surface area contributed by atoms with E-state index in [1.807, 2.05) is 0 Å². The number of pyridine rings is 1. The lowest BCUT2D eigenvalue weighted by Gasteiger charge is -2.10. The maximum atomic E-state index is 13.7. The van der Waals surface area contributed by atoms with Crippen molar-refractivity contribution in [1.29, 1.82) is 0 Å². The number of benzene rings is 1. The third kappa shape index (κ3) is 3.35. The summed E-state index contributed by atoms with van der Waals surface area (Å²) in [6, 6.07) is 6.53. The van der Waals surface area contributed by atoms with Crippen LogP contribution in [-0.4, -0.2) is 19.2 Å². The quantitative estimate of drug-likeness (QED) is 0.929. The van der Waals surface area contributed by atoms with E-state index >= 15 is 0 Å². The molecular weight excluding hydrogens is 315 g/mol. The van der Waals surface area contributed by atoms with Crippen LogP contribution in [0.4, 0.5) is 15.9 Å². The number of anilines is 2. The summed E-state index contributed by atoms with van der Waals surface area (Å²) >= 11 is 3.16. The summed E-state index contributed by atoms with van der Waals surface area (Å²) in [5.74, 6) is 0.911. The maximum absolute atomic E-state index is 13.7. The molecule has 0 atom stereocenters. The number of aromatic nitrogens is 1. The normalized spacial score (nSPS) is 10.1. The van der Waals surface area contributed by atoms with Gasteiger partial charge in [0, 0.05) is 34.6 Å². The van der Waals surface area contributed by atoms with Gasteiger partial charge in [0.1, 0.15) is 11.5 Å². The van der Waals surface area contributed by atoms with E-state index in [0.717, 1.165) is 0 Å². The second kappa shape index (κ2) is 5.88. The minimum Gasteiger partial charge on any atom is -0.497 e. The van der Waals surface area contributed by atoms with Crippen LogP contribution in [0.3, 0.4) is 0 Å². The first kappa shape index (κ1) is 13.6. The van der Waals surface area contributed by atoms with E-state index in [1.54, 1.807) is 32.4 Å². The number of halogens is 2. The lowest BCUT2D eigenvalue weighted by atomic mass is 10.2. The van der Waals surface area contributed by atoms with Crippen molar-refractivity contribution < 1.29 is 13.9 Å². The van der Waals surface area contributed by atoms with Crippen LogP contribution in [0.2, 0.25) is 0 Å². The highest BCUT2D eigenvalue weighted by Crippen LogP contribution is 2.28. The lowest BCUT2D eigenvalue weighted by molar-refractivity contribution is 0.395. The van der Waals surface area contributed by atoms with Gasteiger partial charge in [-0.3, -0.25) is 0 Å². The van der Waals surface area contributed by atoms with E-state index in [9.17, 15) is 4.39 Å². The third-order valence-electron chi connectivity index (χ3n) is 2.42. The Hall–Kier alpha value is -1.82. The second-order valence-corrected chi connectivity index (χ2v) is 4.63. The van der Waals surface area contributed by atoms with Crippen LogP contribution in [0.15, 0.2) is 34.9 Å². The minimum atomic E-state index is -0.448. The molecule has 0 radical (unpaired) electrons. The number of nitrogens with zero attached hydrogens (tertiary/aromatic N) is 1. The van der Waals surface area contributed by atoms with Crippen molar-refractivity contribution in [3.8, 4) is 11.5 Å². The molecular formula is C13H12BrFN2O2. The summed E-state index contributed by atoms with van der Waals surface area (Å²) < 4.78 is 24.6. The van der Waals surface area contributed by atoms with E-state index < -0.39 is 5.82 Å². The predicted molar refractivity (Wildman–Crippen MR) is 74.7 cm³/mol. The fourth-order valence-electron chi connectivity index (χ4n) is 1.52. The zero-order valence-corrected chi connectivity index (χ0v) is 12.0. The van der Waals surface area contributed by atoms with Gasteiger partial charge in [0.2, 0.25) is 0 Å². The summed E-state index contributed by atoms with van der Waals surface area (Å²) in [7, 11) is 3.11. The number of hydrogen-bond acceptors (Lipinski definition) is 4. The van der Waals surface area contributed by atoms with Crippen LogP contribution in [0.5, 0.6) is 11.5 Å². The molecule has 100 valence electrons. The monoisotopic (exact) mass is 326 g/mol. The van der Waals surface area contributed by atoms with Crippen molar-refractivity contribution in [2.75, 3.05) is 19.5 Å². The number of methoxy groups -OCH3 is 2. The average molecular weight is 327 g/mol. The molecule has 4 nitrogen and oxygen atoms in total. The molecule has 19 heavy (non-hydrogen) atoms. The summed E-state index contributed by atoms with van der Waals surface area (Å²) in [5, 5.41) is 2.88. The molecule has 0 amide bonds. The van der Waals surface area contributed by atoms with Crippen molar-refractivity contribution in [1.82, 2.24) is 4.98 Å². The molecule has 1 aromatic carbocycles. The molecule has 0 aliphatic heterocycles. The van der Waals surface area contributed by atoms with Gasteiger partial charge in [-0.2, -0.15) is 0 Å². The molecule has 1 aromatic heterocycles. The first-order chi connectivity index (χ1) is 9.12. The largest absolute Gasteiger partial charge is 0.497 e. The Morgan fingerprint density at radius 3 is 2.26 bits per heavy atom. The molecule has 0 saturated heterocycles. The Labute approximate surface area is 118 Å². The standard InChI is InChI=1S/C13H12BrFN2O2/c1-18-10-4-9(5-11(6-10)19-2)17-13-12(15)3-8(14)7-16-13/h3-7H,1-2H3,(H,16,17). The van der Waals surface area contributed by atoms with Gasteiger partial charge in [0.25, 0.3) is 0 Å². The lowest BCUT2D eigenvalue weighted by Crippen LogP contribution is -1.98.